The molecule has 0 aromatic heterocycles. The number of carbonyl (C=O) groups excluding carboxylic acids is 2. The molecule has 2 aromatic rings. The number of hydrogen-bond donors (Lipinski definition) is 2. The molecule has 2 N–H and O–H groups in total. The van der Waals surface area contributed by atoms with Gasteiger partial charge in [-0.15, -0.1) is 0 Å². The minimum atomic E-state index is -0.379. The van der Waals surface area contributed by atoms with Gasteiger partial charge in [0.05, 0.1) is 12.7 Å². The summed E-state index contributed by atoms with van der Waals surface area (Å²) < 4.78 is 11.1. The van der Waals surface area contributed by atoms with Gasteiger partial charge in [-0.1, -0.05) is 17.7 Å². The minimum Gasteiger partial charge on any atom is -0.494 e. The van der Waals surface area contributed by atoms with E-state index in [9.17, 15) is 9.59 Å². The zero-order chi connectivity index (χ0) is 19.6. The zero-order valence-electron chi connectivity index (χ0n) is 16.0. The Bertz CT molecular complexity index is 740. The molecular weight excluding hydrogens is 344 g/mol. The third-order valence-corrected chi connectivity index (χ3v) is 3.64. The van der Waals surface area contributed by atoms with Crippen LogP contribution < -0.4 is 20.3 Å². The molecule has 144 valence electrons. The van der Waals surface area contributed by atoms with Gasteiger partial charge < -0.3 is 9.47 Å². The number of rotatable bonds is 8. The largest absolute Gasteiger partial charge is 0.494 e. The molecule has 0 fully saturated rings. The predicted octanol–water partition coefficient (Wildman–Crippen LogP) is 3.40. The van der Waals surface area contributed by atoms with E-state index in [-0.39, 0.29) is 24.3 Å². The van der Waals surface area contributed by atoms with Crippen LogP contribution in [-0.4, -0.2) is 24.5 Å². The third-order valence-electron chi connectivity index (χ3n) is 3.64. The molecule has 6 nitrogen and oxygen atoms in total. The van der Waals surface area contributed by atoms with Gasteiger partial charge >= 0.3 is 0 Å². The summed E-state index contributed by atoms with van der Waals surface area (Å²) in [6, 6.07) is 14.5. The number of hydrazine groups is 1. The van der Waals surface area contributed by atoms with Gasteiger partial charge in [0.25, 0.3) is 5.91 Å². The molecule has 2 rings (SSSR count). The monoisotopic (exact) mass is 370 g/mol. The first-order chi connectivity index (χ1) is 12.9. The summed E-state index contributed by atoms with van der Waals surface area (Å²) in [4.78, 5) is 23.8. The lowest BCUT2D eigenvalue weighted by molar-refractivity contribution is -0.122. The Labute approximate surface area is 159 Å². The third kappa shape index (κ3) is 7.40. The van der Waals surface area contributed by atoms with Crippen molar-refractivity contribution in [2.75, 3.05) is 6.61 Å². The van der Waals surface area contributed by atoms with E-state index >= 15 is 0 Å². The van der Waals surface area contributed by atoms with Crippen LogP contribution in [0, 0.1) is 6.92 Å². The van der Waals surface area contributed by atoms with E-state index in [1.165, 1.54) is 5.56 Å². The fraction of sp³-hybridized carbons (Fsp3) is 0.333. The van der Waals surface area contributed by atoms with E-state index in [4.69, 9.17) is 9.47 Å². The lowest BCUT2D eigenvalue weighted by Gasteiger charge is -2.11. The summed E-state index contributed by atoms with van der Waals surface area (Å²) >= 11 is 0. The van der Waals surface area contributed by atoms with E-state index < -0.39 is 0 Å². The summed E-state index contributed by atoms with van der Waals surface area (Å²) in [7, 11) is 0. The van der Waals surface area contributed by atoms with Crippen LogP contribution in [0.5, 0.6) is 11.5 Å². The van der Waals surface area contributed by atoms with Gasteiger partial charge in [-0.05, 0) is 63.6 Å². The maximum Gasteiger partial charge on any atom is 0.269 e. The molecule has 27 heavy (non-hydrogen) atoms. The quantitative estimate of drug-likeness (QED) is 0.551. The standard InChI is InChI=1S/C21H26N2O4/c1-15(2)27-19-12-8-17(9-13-19)21(25)23-22-20(24)5-4-14-26-18-10-6-16(3)7-11-18/h6-13,15H,4-5,14H2,1-3H3,(H,22,24)(H,23,25). The second-order valence-corrected chi connectivity index (χ2v) is 6.46. The molecule has 0 bridgehead atoms. The molecule has 6 heteroatoms. The van der Waals surface area contributed by atoms with Gasteiger partial charge in [0, 0.05) is 12.0 Å². The molecule has 0 aliphatic carbocycles. The number of amides is 2. The van der Waals surface area contributed by atoms with E-state index in [2.05, 4.69) is 10.9 Å². The maximum atomic E-state index is 12.0. The number of nitrogens with one attached hydrogen (secondary N) is 2. The first-order valence-corrected chi connectivity index (χ1v) is 8.99. The van der Waals surface area contributed by atoms with Gasteiger partial charge in [0.15, 0.2) is 0 Å². The number of ether oxygens (including phenoxy) is 2. The molecule has 0 saturated carbocycles. The second kappa shape index (κ2) is 10.2. The van der Waals surface area contributed by atoms with Crippen LogP contribution in [0.1, 0.15) is 42.6 Å². The van der Waals surface area contributed by atoms with Gasteiger partial charge in [-0.25, -0.2) is 0 Å². The number of carbonyl (C=O) groups is 2. The van der Waals surface area contributed by atoms with Gasteiger partial charge in [-0.2, -0.15) is 0 Å². The van der Waals surface area contributed by atoms with Crippen molar-refractivity contribution in [3.05, 3.63) is 59.7 Å². The fourth-order valence-corrected chi connectivity index (χ4v) is 2.28. The highest BCUT2D eigenvalue weighted by molar-refractivity contribution is 5.95. The van der Waals surface area contributed by atoms with E-state index in [0.717, 1.165) is 5.75 Å². The van der Waals surface area contributed by atoms with E-state index in [1.54, 1.807) is 24.3 Å². The zero-order valence-corrected chi connectivity index (χ0v) is 16.0. The molecule has 2 amide bonds. The number of aryl methyl sites for hydroxylation is 1. The summed E-state index contributed by atoms with van der Waals surface area (Å²) in [5.74, 6) is 0.823. The number of hydrogen-bond acceptors (Lipinski definition) is 4. The van der Waals surface area contributed by atoms with Crippen LogP contribution >= 0.6 is 0 Å². The molecule has 2 aromatic carbocycles. The van der Waals surface area contributed by atoms with Crippen molar-refractivity contribution in [3.8, 4) is 11.5 Å². The molecule has 0 aliphatic heterocycles. The van der Waals surface area contributed by atoms with Crippen LogP contribution in [0.4, 0.5) is 0 Å². The smallest absolute Gasteiger partial charge is 0.269 e. The molecule has 0 atom stereocenters. The van der Waals surface area contributed by atoms with Crippen LogP contribution in [0.2, 0.25) is 0 Å². The Morgan fingerprint density at radius 3 is 2.19 bits per heavy atom. The summed E-state index contributed by atoms with van der Waals surface area (Å²) in [5, 5.41) is 0. The SMILES string of the molecule is Cc1ccc(OCCCC(=O)NNC(=O)c2ccc(OC(C)C)cc2)cc1. The highest BCUT2D eigenvalue weighted by Crippen LogP contribution is 2.14. The summed E-state index contributed by atoms with van der Waals surface area (Å²) in [6.07, 6.45) is 0.878. The van der Waals surface area contributed by atoms with Crippen molar-refractivity contribution in [2.24, 2.45) is 0 Å². The van der Waals surface area contributed by atoms with Crippen molar-refractivity contribution in [2.45, 2.75) is 39.7 Å². The fourth-order valence-electron chi connectivity index (χ4n) is 2.28. The van der Waals surface area contributed by atoms with Gasteiger partial charge in [0.2, 0.25) is 5.91 Å². The Morgan fingerprint density at radius 1 is 0.926 bits per heavy atom. The van der Waals surface area contributed by atoms with Crippen molar-refractivity contribution in [1.82, 2.24) is 10.9 Å². The lowest BCUT2D eigenvalue weighted by atomic mass is 10.2. The second-order valence-electron chi connectivity index (χ2n) is 6.46. The average molecular weight is 370 g/mol. The average Bonchev–Trinajstić information content (AvgIpc) is 2.65. The Kier molecular flexibility index (Phi) is 7.67. The van der Waals surface area contributed by atoms with Crippen molar-refractivity contribution < 1.29 is 19.1 Å². The lowest BCUT2D eigenvalue weighted by Crippen LogP contribution is -2.41. The maximum absolute atomic E-state index is 12.0. The Balaban J connectivity index is 1.65. The molecule has 0 radical (unpaired) electrons. The van der Waals surface area contributed by atoms with Crippen LogP contribution in [0.25, 0.3) is 0 Å². The number of benzene rings is 2. The Hall–Kier alpha value is -3.02. The van der Waals surface area contributed by atoms with E-state index in [0.29, 0.717) is 24.3 Å². The van der Waals surface area contributed by atoms with Crippen molar-refractivity contribution in [1.29, 1.82) is 0 Å². The molecule has 0 saturated heterocycles. The first kappa shape index (κ1) is 20.3. The topological polar surface area (TPSA) is 76.7 Å². The molecule has 0 spiro atoms. The van der Waals surface area contributed by atoms with Gasteiger partial charge in [0.1, 0.15) is 11.5 Å². The van der Waals surface area contributed by atoms with Gasteiger partial charge in [-0.3, -0.25) is 20.4 Å². The summed E-state index contributed by atoms with van der Waals surface area (Å²) in [5.41, 5.74) is 6.42. The predicted molar refractivity (Wildman–Crippen MR) is 104 cm³/mol. The Morgan fingerprint density at radius 2 is 1.56 bits per heavy atom. The van der Waals surface area contributed by atoms with Crippen LogP contribution in [0.15, 0.2) is 48.5 Å². The highest BCUT2D eigenvalue weighted by atomic mass is 16.5. The molecular formula is C21H26N2O4. The highest BCUT2D eigenvalue weighted by Gasteiger charge is 2.08. The first-order valence-electron chi connectivity index (χ1n) is 8.99. The molecule has 0 unspecified atom stereocenters. The van der Waals surface area contributed by atoms with Crippen LogP contribution in [0.3, 0.4) is 0 Å². The van der Waals surface area contributed by atoms with Crippen molar-refractivity contribution >= 4 is 11.8 Å². The van der Waals surface area contributed by atoms with Crippen molar-refractivity contribution in [3.63, 3.8) is 0 Å². The summed E-state index contributed by atoms with van der Waals surface area (Å²) in [6.45, 7) is 6.31. The minimum absolute atomic E-state index is 0.0685. The molecule has 0 aliphatic rings. The molecule has 0 heterocycles. The normalized spacial score (nSPS) is 10.4. The van der Waals surface area contributed by atoms with Crippen LogP contribution in [-0.2, 0) is 4.79 Å². The van der Waals surface area contributed by atoms with E-state index in [1.807, 2.05) is 45.0 Å².